The van der Waals surface area contributed by atoms with Gasteiger partial charge in [-0.1, -0.05) is 6.92 Å². The van der Waals surface area contributed by atoms with E-state index in [2.05, 4.69) is 5.32 Å². The average molecular weight is 247 g/mol. The molecule has 0 bridgehead atoms. The van der Waals surface area contributed by atoms with Gasteiger partial charge in [0.25, 0.3) is 0 Å². The fourth-order valence-electron chi connectivity index (χ4n) is 0.984. The molecule has 0 heterocycles. The van der Waals surface area contributed by atoms with E-state index in [9.17, 15) is 13.6 Å². The second-order valence-corrected chi connectivity index (χ2v) is 4.40. The van der Waals surface area contributed by atoms with E-state index < -0.39 is 29.0 Å². The molecule has 0 radical (unpaired) electrons. The number of rotatable bonds is 3. The molecule has 0 saturated heterocycles. The highest BCUT2D eigenvalue weighted by Gasteiger charge is 2.20. The standard InChI is InChI=1S/C12H19F2NO2/c1-6-8(13)10(9(14)7-2)15-11(16)17-12(3,4)5/h6H,7H2,1-5H3,(H,15,16)/b8-6+,10-9-. The van der Waals surface area contributed by atoms with Gasteiger partial charge in [0.1, 0.15) is 23.0 Å². The lowest BCUT2D eigenvalue weighted by Crippen LogP contribution is -2.32. The van der Waals surface area contributed by atoms with Crippen LogP contribution in [0.5, 0.6) is 0 Å². The molecule has 5 heteroatoms. The molecule has 0 spiro atoms. The van der Waals surface area contributed by atoms with Gasteiger partial charge < -0.3 is 4.74 Å². The lowest BCUT2D eigenvalue weighted by atomic mass is 10.2. The molecule has 0 aliphatic heterocycles. The maximum Gasteiger partial charge on any atom is 0.412 e. The van der Waals surface area contributed by atoms with Crippen LogP contribution in [-0.4, -0.2) is 11.7 Å². The summed E-state index contributed by atoms with van der Waals surface area (Å²) in [6, 6.07) is 0. The summed E-state index contributed by atoms with van der Waals surface area (Å²) in [7, 11) is 0. The summed E-state index contributed by atoms with van der Waals surface area (Å²) in [6.45, 7) is 7.93. The maximum atomic E-state index is 13.4. The van der Waals surface area contributed by atoms with Crippen molar-refractivity contribution in [3.63, 3.8) is 0 Å². The first-order valence-electron chi connectivity index (χ1n) is 5.42. The number of hydrogen-bond donors (Lipinski definition) is 1. The van der Waals surface area contributed by atoms with Crippen molar-refractivity contribution in [2.24, 2.45) is 0 Å². The zero-order chi connectivity index (χ0) is 13.6. The summed E-state index contributed by atoms with van der Waals surface area (Å²) in [5, 5.41) is 2.08. The Bertz CT molecular complexity index is 341. The molecule has 0 rings (SSSR count). The van der Waals surface area contributed by atoms with Gasteiger partial charge in [0.2, 0.25) is 0 Å². The Hall–Kier alpha value is -1.39. The Labute approximate surface area is 101 Å². The average Bonchev–Trinajstić information content (AvgIpc) is 2.21. The number of halogens is 2. The zero-order valence-corrected chi connectivity index (χ0v) is 10.9. The molecule has 0 aliphatic rings. The van der Waals surface area contributed by atoms with Crippen LogP contribution in [0.2, 0.25) is 0 Å². The predicted molar refractivity (Wildman–Crippen MR) is 62.7 cm³/mol. The third-order valence-corrected chi connectivity index (χ3v) is 1.70. The molecule has 0 atom stereocenters. The fraction of sp³-hybridized carbons (Fsp3) is 0.583. The number of hydrogen-bond acceptors (Lipinski definition) is 2. The van der Waals surface area contributed by atoms with Crippen molar-refractivity contribution in [1.82, 2.24) is 5.32 Å². The first kappa shape index (κ1) is 15.6. The molecular formula is C12H19F2NO2. The molecule has 1 N–H and O–H groups in total. The summed E-state index contributed by atoms with van der Waals surface area (Å²) in [5.41, 5.74) is -1.19. The van der Waals surface area contributed by atoms with Crippen LogP contribution >= 0.6 is 0 Å². The normalized spacial score (nSPS) is 14.2. The Kier molecular flexibility index (Phi) is 5.85. The zero-order valence-electron chi connectivity index (χ0n) is 10.9. The van der Waals surface area contributed by atoms with Crippen molar-refractivity contribution in [3.05, 3.63) is 23.4 Å². The van der Waals surface area contributed by atoms with Crippen LogP contribution in [0.15, 0.2) is 23.4 Å². The minimum Gasteiger partial charge on any atom is -0.444 e. The number of carbonyl (C=O) groups is 1. The molecule has 98 valence electrons. The SMILES string of the molecule is C/C=C(F)\C(NC(=O)OC(C)(C)C)=C(\F)CC. The minimum absolute atomic E-state index is 0.00755. The molecule has 3 nitrogen and oxygen atoms in total. The van der Waals surface area contributed by atoms with E-state index in [0.29, 0.717) is 0 Å². The summed E-state index contributed by atoms with van der Waals surface area (Å²) in [4.78, 5) is 11.4. The van der Waals surface area contributed by atoms with Gasteiger partial charge in [0.15, 0.2) is 0 Å². The predicted octanol–water partition coefficient (Wildman–Crippen LogP) is 3.98. The van der Waals surface area contributed by atoms with Crippen LogP contribution in [0.25, 0.3) is 0 Å². The highest BCUT2D eigenvalue weighted by atomic mass is 19.1. The fourth-order valence-corrected chi connectivity index (χ4v) is 0.984. The smallest absolute Gasteiger partial charge is 0.412 e. The second-order valence-electron chi connectivity index (χ2n) is 4.40. The first-order valence-corrected chi connectivity index (χ1v) is 5.42. The number of alkyl carbamates (subject to hydrolysis) is 1. The number of nitrogens with one attached hydrogen (secondary N) is 1. The van der Waals surface area contributed by atoms with Gasteiger partial charge >= 0.3 is 6.09 Å². The number of ether oxygens (including phenoxy) is 1. The van der Waals surface area contributed by atoms with Gasteiger partial charge in [0.05, 0.1) is 0 Å². The Morgan fingerprint density at radius 3 is 2.24 bits per heavy atom. The molecule has 1 amide bonds. The molecule has 0 unspecified atom stereocenters. The maximum absolute atomic E-state index is 13.4. The van der Waals surface area contributed by atoms with E-state index in [4.69, 9.17) is 4.74 Å². The molecule has 0 saturated carbocycles. The molecule has 0 aliphatic carbocycles. The summed E-state index contributed by atoms with van der Waals surface area (Å²) >= 11 is 0. The van der Waals surface area contributed by atoms with Crippen molar-refractivity contribution in [3.8, 4) is 0 Å². The number of carbonyl (C=O) groups excluding carboxylic acids is 1. The first-order chi connectivity index (χ1) is 7.71. The minimum atomic E-state index is -0.881. The van der Waals surface area contributed by atoms with E-state index in [-0.39, 0.29) is 6.42 Å². The monoisotopic (exact) mass is 247 g/mol. The van der Waals surface area contributed by atoms with Crippen LogP contribution in [0.1, 0.15) is 41.0 Å². The Morgan fingerprint density at radius 2 is 1.88 bits per heavy atom. The molecule has 17 heavy (non-hydrogen) atoms. The van der Waals surface area contributed by atoms with E-state index in [1.54, 1.807) is 20.8 Å². The lowest BCUT2D eigenvalue weighted by Gasteiger charge is -2.20. The lowest BCUT2D eigenvalue weighted by molar-refractivity contribution is 0.0543. The van der Waals surface area contributed by atoms with Gasteiger partial charge in [0, 0.05) is 0 Å². The topological polar surface area (TPSA) is 38.3 Å². The highest BCUT2D eigenvalue weighted by Crippen LogP contribution is 2.18. The third-order valence-electron chi connectivity index (χ3n) is 1.70. The van der Waals surface area contributed by atoms with Crippen LogP contribution in [0.4, 0.5) is 13.6 Å². The Morgan fingerprint density at radius 1 is 1.35 bits per heavy atom. The third kappa shape index (κ3) is 6.04. The second kappa shape index (κ2) is 6.37. The summed E-state index contributed by atoms with van der Waals surface area (Å²) < 4.78 is 31.6. The van der Waals surface area contributed by atoms with E-state index >= 15 is 0 Å². The van der Waals surface area contributed by atoms with Gasteiger partial charge in [-0.05, 0) is 40.2 Å². The Balaban J connectivity index is 4.87. The van der Waals surface area contributed by atoms with E-state index in [1.807, 2.05) is 0 Å². The highest BCUT2D eigenvalue weighted by molar-refractivity contribution is 5.71. The molecular weight excluding hydrogens is 228 g/mol. The van der Waals surface area contributed by atoms with E-state index in [1.165, 1.54) is 13.8 Å². The number of allylic oxidation sites excluding steroid dienone is 3. The molecule has 0 aromatic rings. The molecule has 0 fully saturated rings. The van der Waals surface area contributed by atoms with Crippen molar-refractivity contribution < 1.29 is 18.3 Å². The quantitative estimate of drug-likeness (QED) is 0.766. The van der Waals surface area contributed by atoms with E-state index in [0.717, 1.165) is 6.08 Å². The van der Waals surface area contributed by atoms with Crippen LogP contribution in [0, 0.1) is 0 Å². The van der Waals surface area contributed by atoms with Gasteiger partial charge in [-0.25, -0.2) is 13.6 Å². The number of amides is 1. The van der Waals surface area contributed by atoms with Crippen molar-refractivity contribution >= 4 is 6.09 Å². The van der Waals surface area contributed by atoms with Gasteiger partial charge in [-0.2, -0.15) is 0 Å². The van der Waals surface area contributed by atoms with Gasteiger partial charge in [-0.3, -0.25) is 5.32 Å². The van der Waals surface area contributed by atoms with Crippen molar-refractivity contribution in [2.75, 3.05) is 0 Å². The summed E-state index contributed by atoms with van der Waals surface area (Å²) in [6.07, 6.45) is 0.182. The summed E-state index contributed by atoms with van der Waals surface area (Å²) in [5.74, 6) is -1.55. The van der Waals surface area contributed by atoms with Crippen molar-refractivity contribution in [2.45, 2.75) is 46.6 Å². The largest absolute Gasteiger partial charge is 0.444 e. The van der Waals surface area contributed by atoms with Crippen LogP contribution in [-0.2, 0) is 4.74 Å². The molecule has 0 aromatic heterocycles. The van der Waals surface area contributed by atoms with Crippen LogP contribution in [0.3, 0.4) is 0 Å². The van der Waals surface area contributed by atoms with Crippen LogP contribution < -0.4 is 5.32 Å². The van der Waals surface area contributed by atoms with Gasteiger partial charge in [-0.15, -0.1) is 0 Å². The van der Waals surface area contributed by atoms with Crippen molar-refractivity contribution in [1.29, 1.82) is 0 Å². The molecule has 0 aromatic carbocycles.